The van der Waals surface area contributed by atoms with Crippen molar-refractivity contribution in [2.24, 2.45) is 0 Å². The highest BCUT2D eigenvalue weighted by molar-refractivity contribution is 7.24. The molecule has 1 aliphatic carbocycles. The van der Waals surface area contributed by atoms with Gasteiger partial charge in [-0.15, -0.1) is 22.7 Å². The van der Waals surface area contributed by atoms with Crippen LogP contribution >= 0.6 is 22.7 Å². The number of anilines is 3. The van der Waals surface area contributed by atoms with Gasteiger partial charge in [0, 0.05) is 52.4 Å². The molecule has 0 unspecified atom stereocenters. The summed E-state index contributed by atoms with van der Waals surface area (Å²) in [7, 11) is 0. The number of carbonyl (C=O) groups is 1. The van der Waals surface area contributed by atoms with Gasteiger partial charge in [0.1, 0.15) is 18.2 Å². The number of hydrogen-bond donors (Lipinski definition) is 2. The number of thiophene rings is 2. The minimum atomic E-state index is -1.31. The summed E-state index contributed by atoms with van der Waals surface area (Å²) in [5.41, 5.74) is 9.08. The van der Waals surface area contributed by atoms with Crippen molar-refractivity contribution in [3.8, 4) is 43.3 Å². The predicted molar refractivity (Wildman–Crippen MR) is 265 cm³/mol. The lowest BCUT2D eigenvalue weighted by atomic mass is 9.70. The molecular weight excluding hydrogens is 831 g/mol. The van der Waals surface area contributed by atoms with Crippen molar-refractivity contribution in [3.63, 3.8) is 0 Å². The Morgan fingerprint density at radius 3 is 1.92 bits per heavy atom. The van der Waals surface area contributed by atoms with Crippen LogP contribution in [0.4, 0.5) is 17.1 Å². The minimum absolute atomic E-state index is 0.0616. The van der Waals surface area contributed by atoms with Crippen molar-refractivity contribution in [2.45, 2.75) is 90.0 Å². The number of carboxylic acid groups (broad SMARTS) is 1. The van der Waals surface area contributed by atoms with Crippen LogP contribution in [0.5, 0.6) is 5.88 Å². The Morgan fingerprint density at radius 2 is 1.31 bits per heavy atom. The molecule has 0 aliphatic heterocycles. The second kappa shape index (κ2) is 19.5. The van der Waals surface area contributed by atoms with Crippen molar-refractivity contribution in [1.29, 1.82) is 5.26 Å². The molecule has 0 bridgehead atoms. The molecule has 3 aromatic heterocycles. The van der Waals surface area contributed by atoms with Crippen LogP contribution in [0, 0.1) is 11.3 Å². The quantitative estimate of drug-likeness (QED) is 0.0832. The van der Waals surface area contributed by atoms with Crippen molar-refractivity contribution >= 4 is 58.4 Å². The summed E-state index contributed by atoms with van der Waals surface area (Å²) in [5.74, 6) is -2.00. The molecule has 1 aliphatic rings. The lowest BCUT2D eigenvalue weighted by molar-refractivity contribution is -0.137. The Hall–Kier alpha value is -6.47. The summed E-state index contributed by atoms with van der Waals surface area (Å²) >= 11 is 3.23. The Labute approximate surface area is 383 Å². The molecule has 3 heterocycles. The van der Waals surface area contributed by atoms with Gasteiger partial charge in [-0.1, -0.05) is 126 Å². The highest BCUT2D eigenvalue weighted by Gasteiger charge is 2.43. The summed E-state index contributed by atoms with van der Waals surface area (Å²) in [5, 5.41) is 29.7. The lowest BCUT2D eigenvalue weighted by Crippen LogP contribution is -2.46. The van der Waals surface area contributed by atoms with E-state index < -0.39 is 24.0 Å². The van der Waals surface area contributed by atoms with Crippen LogP contribution in [-0.4, -0.2) is 20.7 Å². The Kier molecular flexibility index (Phi) is 13.5. The number of para-hydroxylation sites is 2. The number of hydrogen-bond acceptors (Lipinski definition) is 7. The Balaban J connectivity index is 1.19. The number of nitrogens with zero attached hydrogens (tertiary/aromatic N) is 3. The lowest BCUT2D eigenvalue weighted by Gasteiger charge is -2.34. The standard InChI is InChI=1S/C55H53N3O4S2/c1-4-6-8-16-30-55(31-17-9-7-5-2)47-32-38(22-25-43(47)44-26-23-41(33-48(44)55)58(39-18-12-10-13-19-39)40-20-14-11-15-21-40)49-28-29-51(64-49)50-27-24-42(63-50)34-45-37(3)46(35-56)54(62)57(53(45)61)36-52(59)60/h10-15,18-29,32-34,62H,3-9,16-17,30-31,36H2,1-2H3,(H,59,60)/b45-34-. The van der Waals surface area contributed by atoms with E-state index in [9.17, 15) is 25.1 Å². The third-order valence-corrected chi connectivity index (χ3v) is 14.9. The van der Waals surface area contributed by atoms with Gasteiger partial charge in [-0.05, 0) is 113 Å². The van der Waals surface area contributed by atoms with Gasteiger partial charge < -0.3 is 15.1 Å². The molecule has 9 heteroatoms. The number of unbranched alkanes of at least 4 members (excludes halogenated alkanes) is 6. The van der Waals surface area contributed by atoms with Crippen LogP contribution < -0.4 is 20.9 Å². The summed E-state index contributed by atoms with van der Waals surface area (Å²) in [6.07, 6.45) is 13.4. The number of aromatic hydroxyl groups is 1. The van der Waals surface area contributed by atoms with Gasteiger partial charge in [-0.3, -0.25) is 14.2 Å². The van der Waals surface area contributed by atoms with Crippen molar-refractivity contribution in [2.75, 3.05) is 4.90 Å². The molecule has 7 nitrogen and oxygen atoms in total. The molecule has 0 atom stereocenters. The summed E-state index contributed by atoms with van der Waals surface area (Å²) in [6, 6.07) is 45.8. The fraction of sp³-hybridized carbons (Fsp3) is 0.255. The number of benzene rings is 4. The molecule has 64 heavy (non-hydrogen) atoms. The first-order valence-electron chi connectivity index (χ1n) is 22.4. The normalized spacial score (nSPS) is 12.8. The fourth-order valence-corrected chi connectivity index (χ4v) is 11.4. The van der Waals surface area contributed by atoms with Gasteiger partial charge in [-0.25, -0.2) is 0 Å². The second-order valence-electron chi connectivity index (χ2n) is 16.7. The van der Waals surface area contributed by atoms with Crippen LogP contribution in [0.1, 0.15) is 99.6 Å². The van der Waals surface area contributed by atoms with Gasteiger partial charge >= 0.3 is 5.97 Å². The summed E-state index contributed by atoms with van der Waals surface area (Å²) in [6.45, 7) is 7.69. The molecule has 0 radical (unpaired) electrons. The SMILES string of the molecule is C=c1c(C#N)c(O)n(CC(=O)O)c(=O)/c1=C\c1ccc(-c2ccc(-c3ccc4c(c3)C(CCCCCC)(CCCCCC)c3cc(N(c5ccccc5)c5ccccc5)ccc3-4)s2)s1. The van der Waals surface area contributed by atoms with Crippen LogP contribution in [0.3, 0.4) is 0 Å². The number of rotatable bonds is 18. The number of nitriles is 1. The summed E-state index contributed by atoms with van der Waals surface area (Å²) < 4.78 is 0.699. The van der Waals surface area contributed by atoms with Gasteiger partial charge in [0.25, 0.3) is 5.56 Å². The number of carboxylic acids is 1. The molecule has 2 N–H and O–H groups in total. The number of aromatic nitrogens is 1. The van der Waals surface area contributed by atoms with Gasteiger partial charge in [0.15, 0.2) is 0 Å². The smallest absolute Gasteiger partial charge is 0.323 e. The van der Waals surface area contributed by atoms with Crippen LogP contribution in [0.25, 0.3) is 44.0 Å². The average molecular weight is 884 g/mol. The highest BCUT2D eigenvalue weighted by Crippen LogP contribution is 2.56. The first kappa shape index (κ1) is 44.1. The monoisotopic (exact) mass is 883 g/mol. The van der Waals surface area contributed by atoms with Crippen LogP contribution in [0.15, 0.2) is 126 Å². The first-order chi connectivity index (χ1) is 31.2. The van der Waals surface area contributed by atoms with E-state index in [0.29, 0.717) is 4.57 Å². The van der Waals surface area contributed by atoms with E-state index in [4.69, 9.17) is 0 Å². The zero-order chi connectivity index (χ0) is 44.8. The molecule has 7 aromatic rings. The first-order valence-corrected chi connectivity index (χ1v) is 24.0. The summed E-state index contributed by atoms with van der Waals surface area (Å²) in [4.78, 5) is 31.3. The third-order valence-electron chi connectivity index (χ3n) is 12.6. The Bertz CT molecular complexity index is 2960. The number of pyridine rings is 1. The molecular formula is C55H53N3O4S2. The van der Waals surface area contributed by atoms with Crippen molar-refractivity contribution < 1.29 is 15.0 Å². The van der Waals surface area contributed by atoms with E-state index in [2.05, 4.69) is 135 Å². The van der Waals surface area contributed by atoms with E-state index in [1.807, 2.05) is 18.2 Å². The molecule has 324 valence electrons. The topological polar surface area (TPSA) is 107 Å². The second-order valence-corrected chi connectivity index (χ2v) is 18.9. The van der Waals surface area contributed by atoms with E-state index in [1.54, 1.807) is 17.4 Å². The molecule has 0 spiro atoms. The van der Waals surface area contributed by atoms with Gasteiger partial charge in [0.05, 0.1) is 0 Å². The largest absolute Gasteiger partial charge is 0.493 e. The maximum atomic E-state index is 13.4. The van der Waals surface area contributed by atoms with Gasteiger partial charge in [0.2, 0.25) is 5.88 Å². The predicted octanol–water partition coefficient (Wildman–Crippen LogP) is 12.9. The average Bonchev–Trinajstić information content (AvgIpc) is 4.06. The van der Waals surface area contributed by atoms with E-state index in [-0.39, 0.29) is 21.4 Å². The third kappa shape index (κ3) is 8.73. The highest BCUT2D eigenvalue weighted by atomic mass is 32.1. The molecule has 8 rings (SSSR count). The van der Waals surface area contributed by atoms with Crippen molar-refractivity contribution in [1.82, 2.24) is 4.57 Å². The van der Waals surface area contributed by atoms with E-state index in [0.717, 1.165) is 38.8 Å². The van der Waals surface area contributed by atoms with Gasteiger partial charge in [-0.2, -0.15) is 5.26 Å². The fourth-order valence-electron chi connectivity index (χ4n) is 9.40. The maximum Gasteiger partial charge on any atom is 0.323 e. The number of fused-ring (bicyclic) bond motifs is 3. The number of aliphatic carboxylic acids is 1. The zero-order valence-corrected chi connectivity index (χ0v) is 38.1. The minimum Gasteiger partial charge on any atom is -0.493 e. The van der Waals surface area contributed by atoms with Crippen LogP contribution in [0.2, 0.25) is 0 Å². The molecule has 4 aromatic carbocycles. The Morgan fingerprint density at radius 1 is 0.734 bits per heavy atom. The van der Waals surface area contributed by atoms with E-state index in [1.165, 1.54) is 101 Å². The molecule has 0 amide bonds. The maximum absolute atomic E-state index is 13.4. The molecule has 0 saturated heterocycles. The van der Waals surface area contributed by atoms with Crippen molar-refractivity contribution in [3.05, 3.63) is 164 Å². The van der Waals surface area contributed by atoms with E-state index >= 15 is 0 Å². The molecule has 0 fully saturated rings. The van der Waals surface area contributed by atoms with Crippen LogP contribution in [-0.2, 0) is 16.8 Å². The molecule has 0 saturated carbocycles. The zero-order valence-electron chi connectivity index (χ0n) is 36.5.